The summed E-state index contributed by atoms with van der Waals surface area (Å²) >= 11 is 8.27. The third-order valence-corrected chi connectivity index (χ3v) is 6.19. The normalized spacial score (nSPS) is 15.2. The van der Waals surface area contributed by atoms with Crippen molar-refractivity contribution in [2.24, 2.45) is 0 Å². The minimum Gasteiger partial charge on any atom is -0.482 e. The second-order valence-corrected chi connectivity index (χ2v) is 7.52. The maximum atomic E-state index is 11.3. The quantitative estimate of drug-likeness (QED) is 0.781. The van der Waals surface area contributed by atoms with E-state index in [1.807, 2.05) is 6.07 Å². The van der Waals surface area contributed by atoms with Crippen LogP contribution in [0.25, 0.3) is 0 Å². The highest BCUT2D eigenvalue weighted by Gasteiger charge is 2.20. The van der Waals surface area contributed by atoms with E-state index in [0.29, 0.717) is 17.0 Å². The number of carbonyl (C=O) groups excluding carboxylic acids is 1. The van der Waals surface area contributed by atoms with Gasteiger partial charge in [-0.05, 0) is 55.6 Å². The number of hydrogen-bond donors (Lipinski definition) is 2. The molecule has 2 heterocycles. The van der Waals surface area contributed by atoms with Crippen LogP contribution >= 0.6 is 43.2 Å². The highest BCUT2D eigenvalue weighted by atomic mass is 79.9. The average molecular weight is 419 g/mol. The summed E-state index contributed by atoms with van der Waals surface area (Å²) in [6.45, 7) is 0.0275. The van der Waals surface area contributed by atoms with E-state index in [0.717, 1.165) is 13.1 Å². The maximum absolute atomic E-state index is 11.3. The number of thiophene rings is 1. The van der Waals surface area contributed by atoms with Crippen LogP contribution < -0.4 is 10.1 Å². The number of aliphatic hydroxyl groups is 1. The van der Waals surface area contributed by atoms with Gasteiger partial charge in [0.25, 0.3) is 5.91 Å². The molecule has 1 aromatic heterocycles. The van der Waals surface area contributed by atoms with Crippen molar-refractivity contribution < 1.29 is 14.6 Å². The van der Waals surface area contributed by atoms with Gasteiger partial charge >= 0.3 is 0 Å². The Balaban J connectivity index is 1.94. The third kappa shape index (κ3) is 2.63. The topological polar surface area (TPSA) is 58.6 Å². The predicted molar refractivity (Wildman–Crippen MR) is 84.3 cm³/mol. The smallest absolute Gasteiger partial charge is 0.262 e. The molecule has 0 aliphatic carbocycles. The van der Waals surface area contributed by atoms with Crippen molar-refractivity contribution in [2.75, 3.05) is 11.9 Å². The minimum atomic E-state index is -0.744. The molecule has 0 saturated carbocycles. The average Bonchev–Trinajstić information content (AvgIpc) is 2.77. The molecule has 104 valence electrons. The lowest BCUT2D eigenvalue weighted by Gasteiger charge is -2.19. The predicted octanol–water partition coefficient (Wildman–Crippen LogP) is 3.69. The van der Waals surface area contributed by atoms with Crippen LogP contribution in [-0.4, -0.2) is 17.6 Å². The molecule has 4 nitrogen and oxygen atoms in total. The summed E-state index contributed by atoms with van der Waals surface area (Å²) in [6.07, 6.45) is -0.744. The second kappa shape index (κ2) is 5.48. The number of anilines is 1. The van der Waals surface area contributed by atoms with E-state index in [2.05, 4.69) is 37.2 Å². The largest absolute Gasteiger partial charge is 0.482 e. The lowest BCUT2D eigenvalue weighted by Crippen LogP contribution is -2.25. The number of hydrogen-bond acceptors (Lipinski definition) is 4. The number of benzene rings is 1. The maximum Gasteiger partial charge on any atom is 0.262 e. The molecule has 0 spiro atoms. The van der Waals surface area contributed by atoms with Crippen LogP contribution in [-0.2, 0) is 4.79 Å². The Morgan fingerprint density at radius 2 is 2.15 bits per heavy atom. The van der Waals surface area contributed by atoms with Gasteiger partial charge in [0.05, 0.1) is 9.47 Å². The lowest BCUT2D eigenvalue weighted by molar-refractivity contribution is -0.118. The Kier molecular flexibility index (Phi) is 3.85. The summed E-state index contributed by atoms with van der Waals surface area (Å²) in [5, 5.41) is 13.1. The summed E-state index contributed by atoms with van der Waals surface area (Å²) in [4.78, 5) is 12.1. The first-order valence-corrected chi connectivity index (χ1v) is 8.14. The van der Waals surface area contributed by atoms with Gasteiger partial charge in [-0.15, -0.1) is 11.3 Å². The van der Waals surface area contributed by atoms with Crippen LogP contribution in [0.5, 0.6) is 5.75 Å². The van der Waals surface area contributed by atoms with E-state index in [1.54, 1.807) is 18.2 Å². The van der Waals surface area contributed by atoms with Crippen LogP contribution in [0, 0.1) is 0 Å². The van der Waals surface area contributed by atoms with E-state index in [4.69, 9.17) is 4.74 Å². The van der Waals surface area contributed by atoms with Crippen molar-refractivity contribution in [3.63, 3.8) is 0 Å². The van der Waals surface area contributed by atoms with Crippen molar-refractivity contribution in [2.45, 2.75) is 6.10 Å². The molecule has 1 aliphatic heterocycles. The number of halogens is 2. The Morgan fingerprint density at radius 3 is 2.85 bits per heavy atom. The monoisotopic (exact) mass is 417 g/mol. The molecular weight excluding hydrogens is 410 g/mol. The number of ether oxygens (including phenoxy) is 1. The van der Waals surface area contributed by atoms with Crippen LogP contribution in [0.3, 0.4) is 0 Å². The summed E-state index contributed by atoms with van der Waals surface area (Å²) in [7, 11) is 0. The van der Waals surface area contributed by atoms with Gasteiger partial charge in [0.15, 0.2) is 6.61 Å². The molecule has 1 unspecified atom stereocenters. The summed E-state index contributed by atoms with van der Waals surface area (Å²) < 4.78 is 7.13. The van der Waals surface area contributed by atoms with Crippen molar-refractivity contribution >= 4 is 54.8 Å². The van der Waals surface area contributed by atoms with Gasteiger partial charge in [-0.25, -0.2) is 0 Å². The Labute approximate surface area is 136 Å². The summed E-state index contributed by atoms with van der Waals surface area (Å²) in [6, 6.07) is 7.15. The zero-order chi connectivity index (χ0) is 14.3. The van der Waals surface area contributed by atoms with Crippen molar-refractivity contribution in [1.82, 2.24) is 0 Å². The molecule has 2 aromatic rings. The SMILES string of the molecule is O=C1COc2ccc(C(O)c3cc(Br)c(Br)s3)cc2N1. The molecule has 1 aromatic carbocycles. The Morgan fingerprint density at radius 1 is 1.35 bits per heavy atom. The zero-order valence-electron chi connectivity index (χ0n) is 10.0. The molecular formula is C13H9Br2NO3S. The van der Waals surface area contributed by atoms with Crippen LogP contribution in [0.2, 0.25) is 0 Å². The van der Waals surface area contributed by atoms with Gasteiger partial charge in [0.2, 0.25) is 0 Å². The van der Waals surface area contributed by atoms with E-state index in [9.17, 15) is 9.90 Å². The number of rotatable bonds is 2. The van der Waals surface area contributed by atoms with Crippen molar-refractivity contribution in [3.05, 3.63) is 43.0 Å². The third-order valence-electron chi connectivity index (χ3n) is 2.89. The Hall–Kier alpha value is -0.890. The van der Waals surface area contributed by atoms with Gasteiger partial charge in [-0.3, -0.25) is 4.79 Å². The van der Waals surface area contributed by atoms with Crippen molar-refractivity contribution in [3.8, 4) is 5.75 Å². The molecule has 0 bridgehead atoms. The molecule has 3 rings (SSSR count). The number of aliphatic hydroxyl groups excluding tert-OH is 1. The fourth-order valence-corrected chi connectivity index (χ4v) is 4.04. The Bertz CT molecular complexity index is 667. The standard InChI is InChI=1S/C13H9Br2NO3S/c14-7-4-10(20-13(7)15)12(18)6-1-2-9-8(3-6)16-11(17)5-19-9/h1-4,12,18H,5H2,(H,16,17). The fourth-order valence-electron chi connectivity index (χ4n) is 1.93. The lowest BCUT2D eigenvalue weighted by atomic mass is 10.1. The molecule has 0 radical (unpaired) electrons. The molecule has 1 atom stereocenters. The number of fused-ring (bicyclic) bond motifs is 1. The van der Waals surface area contributed by atoms with Gasteiger partial charge in [-0.1, -0.05) is 6.07 Å². The summed E-state index contributed by atoms with van der Waals surface area (Å²) in [5.41, 5.74) is 1.29. The first-order chi connectivity index (χ1) is 9.54. The van der Waals surface area contributed by atoms with E-state index in [-0.39, 0.29) is 12.5 Å². The van der Waals surface area contributed by atoms with Crippen LogP contribution in [0.1, 0.15) is 16.5 Å². The molecule has 1 amide bonds. The highest BCUT2D eigenvalue weighted by molar-refractivity contribution is 9.13. The van der Waals surface area contributed by atoms with Crippen LogP contribution in [0.15, 0.2) is 32.5 Å². The molecule has 0 saturated heterocycles. The van der Waals surface area contributed by atoms with Gasteiger partial charge < -0.3 is 15.2 Å². The van der Waals surface area contributed by atoms with Gasteiger partial charge in [-0.2, -0.15) is 0 Å². The minimum absolute atomic E-state index is 0.0275. The van der Waals surface area contributed by atoms with E-state index in [1.165, 1.54) is 11.3 Å². The molecule has 0 fully saturated rings. The highest BCUT2D eigenvalue weighted by Crippen LogP contribution is 2.39. The number of carbonyl (C=O) groups is 1. The zero-order valence-corrected chi connectivity index (χ0v) is 14.0. The fraction of sp³-hybridized carbons (Fsp3) is 0.154. The molecule has 20 heavy (non-hydrogen) atoms. The second-order valence-electron chi connectivity index (χ2n) is 4.27. The number of nitrogens with one attached hydrogen (secondary N) is 1. The molecule has 7 heteroatoms. The van der Waals surface area contributed by atoms with E-state index >= 15 is 0 Å². The molecule has 1 aliphatic rings. The number of amides is 1. The van der Waals surface area contributed by atoms with Gasteiger partial charge in [0, 0.05) is 9.35 Å². The van der Waals surface area contributed by atoms with E-state index < -0.39 is 6.10 Å². The summed E-state index contributed by atoms with van der Waals surface area (Å²) in [5.74, 6) is 0.430. The van der Waals surface area contributed by atoms with Crippen molar-refractivity contribution in [1.29, 1.82) is 0 Å². The first kappa shape index (κ1) is 14.1. The van der Waals surface area contributed by atoms with Gasteiger partial charge in [0.1, 0.15) is 11.9 Å². The van der Waals surface area contributed by atoms with Crippen LogP contribution in [0.4, 0.5) is 5.69 Å². The first-order valence-electron chi connectivity index (χ1n) is 5.74. The molecule has 2 N–H and O–H groups in total.